The van der Waals surface area contributed by atoms with E-state index in [1.165, 1.54) is 0 Å². The number of aliphatic hydroxyl groups excluding tert-OH is 1. The van der Waals surface area contributed by atoms with Gasteiger partial charge in [-0.15, -0.1) is 0 Å². The van der Waals surface area contributed by atoms with Crippen LogP contribution in [0.3, 0.4) is 0 Å². The van der Waals surface area contributed by atoms with Gasteiger partial charge in [-0.25, -0.2) is 4.79 Å². The van der Waals surface area contributed by atoms with E-state index in [4.69, 9.17) is 26.6 Å². The van der Waals surface area contributed by atoms with Crippen LogP contribution in [-0.4, -0.2) is 41.3 Å². The molecule has 0 aliphatic rings. The Morgan fingerprint density at radius 3 is 2.63 bits per heavy atom. The summed E-state index contributed by atoms with van der Waals surface area (Å²) in [5.41, 5.74) is 0. The van der Waals surface area contributed by atoms with E-state index in [0.29, 0.717) is 10.8 Å². The minimum absolute atomic E-state index is 0.0623. The monoisotopic (exact) mass is 287 g/mol. The summed E-state index contributed by atoms with van der Waals surface area (Å²) in [6, 6.07) is 5.49. The molecule has 0 spiro atoms. The highest BCUT2D eigenvalue weighted by molar-refractivity contribution is 6.32. The Labute approximate surface area is 114 Å². The third-order valence-corrected chi connectivity index (χ3v) is 2.56. The van der Waals surface area contributed by atoms with E-state index in [1.807, 2.05) is 0 Å². The van der Waals surface area contributed by atoms with Crippen LogP contribution in [0.15, 0.2) is 24.3 Å². The van der Waals surface area contributed by atoms with E-state index in [9.17, 15) is 9.59 Å². The van der Waals surface area contributed by atoms with Gasteiger partial charge in [0.15, 0.2) is 6.61 Å². The van der Waals surface area contributed by atoms with Crippen LogP contribution < -0.4 is 10.1 Å². The van der Waals surface area contributed by atoms with Crippen LogP contribution in [0.25, 0.3) is 0 Å². The molecule has 0 aliphatic heterocycles. The summed E-state index contributed by atoms with van der Waals surface area (Å²) in [6.07, 6.45) is -0.0623. The Hall–Kier alpha value is -1.79. The molecular formula is C12H14ClNO5. The van der Waals surface area contributed by atoms with Gasteiger partial charge < -0.3 is 20.3 Å². The lowest BCUT2D eigenvalue weighted by molar-refractivity contribution is -0.142. The first-order valence-corrected chi connectivity index (χ1v) is 5.92. The summed E-state index contributed by atoms with van der Waals surface area (Å²) >= 11 is 5.83. The van der Waals surface area contributed by atoms with Crippen LogP contribution >= 0.6 is 11.6 Å². The standard InChI is InChI=1S/C12H14ClNO5/c13-8-3-1-2-4-10(8)19-7-11(16)14-9(5-6-15)12(17)18/h1-4,9,15H,5-7H2,(H,14,16)(H,17,18)/t9-/m1/s1. The van der Waals surface area contributed by atoms with Gasteiger partial charge >= 0.3 is 5.97 Å². The molecule has 1 rings (SSSR count). The number of rotatable bonds is 7. The number of aliphatic hydroxyl groups is 1. The molecule has 0 heterocycles. The molecule has 0 radical (unpaired) electrons. The van der Waals surface area contributed by atoms with Crippen LogP contribution in [0.5, 0.6) is 5.75 Å². The van der Waals surface area contributed by atoms with E-state index >= 15 is 0 Å². The highest BCUT2D eigenvalue weighted by atomic mass is 35.5. The van der Waals surface area contributed by atoms with Crippen molar-refractivity contribution in [3.63, 3.8) is 0 Å². The molecule has 19 heavy (non-hydrogen) atoms. The predicted molar refractivity (Wildman–Crippen MR) is 68.2 cm³/mol. The average Bonchev–Trinajstić information content (AvgIpc) is 2.37. The van der Waals surface area contributed by atoms with E-state index < -0.39 is 17.9 Å². The molecule has 0 saturated heterocycles. The second kappa shape index (κ2) is 7.60. The van der Waals surface area contributed by atoms with Crippen LogP contribution in [0.2, 0.25) is 5.02 Å². The Balaban J connectivity index is 2.47. The zero-order chi connectivity index (χ0) is 14.3. The molecule has 3 N–H and O–H groups in total. The molecule has 0 unspecified atom stereocenters. The maximum Gasteiger partial charge on any atom is 0.326 e. The lowest BCUT2D eigenvalue weighted by Crippen LogP contribution is -2.43. The smallest absolute Gasteiger partial charge is 0.326 e. The summed E-state index contributed by atoms with van der Waals surface area (Å²) in [7, 11) is 0. The van der Waals surface area contributed by atoms with Crippen LogP contribution in [-0.2, 0) is 9.59 Å². The minimum Gasteiger partial charge on any atom is -0.482 e. The Morgan fingerprint density at radius 2 is 2.05 bits per heavy atom. The van der Waals surface area contributed by atoms with Crippen molar-refractivity contribution < 1.29 is 24.5 Å². The van der Waals surface area contributed by atoms with Crippen molar-refractivity contribution in [3.05, 3.63) is 29.3 Å². The van der Waals surface area contributed by atoms with E-state index in [1.54, 1.807) is 24.3 Å². The van der Waals surface area contributed by atoms with Crippen molar-refractivity contribution >= 4 is 23.5 Å². The number of carbonyl (C=O) groups is 2. The van der Waals surface area contributed by atoms with Crippen molar-refractivity contribution in [1.82, 2.24) is 5.32 Å². The maximum atomic E-state index is 11.5. The molecule has 6 nitrogen and oxygen atoms in total. The molecular weight excluding hydrogens is 274 g/mol. The van der Waals surface area contributed by atoms with Crippen molar-refractivity contribution in [2.24, 2.45) is 0 Å². The first kappa shape index (κ1) is 15.3. The van der Waals surface area contributed by atoms with Gasteiger partial charge in [0, 0.05) is 13.0 Å². The SMILES string of the molecule is O=C(COc1ccccc1Cl)N[C@H](CCO)C(=O)O. The highest BCUT2D eigenvalue weighted by Crippen LogP contribution is 2.22. The molecule has 1 amide bonds. The van der Waals surface area contributed by atoms with Gasteiger partial charge in [-0.2, -0.15) is 0 Å². The fourth-order valence-electron chi connectivity index (χ4n) is 1.33. The van der Waals surface area contributed by atoms with E-state index in [2.05, 4.69) is 5.32 Å². The number of carboxylic acid groups (broad SMARTS) is 1. The van der Waals surface area contributed by atoms with E-state index in [-0.39, 0.29) is 19.6 Å². The number of aliphatic carboxylic acids is 1. The Kier molecular flexibility index (Phi) is 6.11. The molecule has 1 aromatic carbocycles. The first-order valence-electron chi connectivity index (χ1n) is 5.55. The predicted octanol–water partition coefficient (Wildman–Crippen LogP) is 0.671. The minimum atomic E-state index is -1.21. The fraction of sp³-hybridized carbons (Fsp3) is 0.333. The topological polar surface area (TPSA) is 95.9 Å². The van der Waals surface area contributed by atoms with Crippen molar-refractivity contribution in [2.75, 3.05) is 13.2 Å². The molecule has 0 fully saturated rings. The first-order chi connectivity index (χ1) is 9.04. The maximum absolute atomic E-state index is 11.5. The van der Waals surface area contributed by atoms with Gasteiger partial charge in [-0.05, 0) is 12.1 Å². The molecule has 7 heteroatoms. The second-order valence-corrected chi connectivity index (χ2v) is 4.10. The van der Waals surface area contributed by atoms with Gasteiger partial charge in [0.1, 0.15) is 11.8 Å². The summed E-state index contributed by atoms with van der Waals surface area (Å²) < 4.78 is 5.16. The quantitative estimate of drug-likeness (QED) is 0.685. The summed E-state index contributed by atoms with van der Waals surface area (Å²) in [6.45, 7) is -0.679. The number of halogens is 1. The summed E-state index contributed by atoms with van der Waals surface area (Å²) in [4.78, 5) is 22.3. The lowest BCUT2D eigenvalue weighted by atomic mass is 10.2. The lowest BCUT2D eigenvalue weighted by Gasteiger charge is -2.13. The van der Waals surface area contributed by atoms with Gasteiger partial charge in [-0.3, -0.25) is 4.79 Å². The van der Waals surface area contributed by atoms with E-state index in [0.717, 1.165) is 0 Å². The largest absolute Gasteiger partial charge is 0.482 e. The average molecular weight is 288 g/mol. The summed E-state index contributed by atoms with van der Waals surface area (Å²) in [5.74, 6) is -1.46. The third-order valence-electron chi connectivity index (χ3n) is 2.25. The number of para-hydroxylation sites is 1. The van der Waals surface area contributed by atoms with Gasteiger partial charge in [0.25, 0.3) is 5.91 Å². The zero-order valence-electron chi connectivity index (χ0n) is 10.0. The van der Waals surface area contributed by atoms with Crippen molar-refractivity contribution in [3.8, 4) is 5.75 Å². The summed E-state index contributed by atoms with van der Waals surface area (Å²) in [5, 5.41) is 20.1. The number of hydrogen-bond donors (Lipinski definition) is 3. The molecule has 1 aromatic rings. The molecule has 0 bridgehead atoms. The zero-order valence-corrected chi connectivity index (χ0v) is 10.8. The van der Waals surface area contributed by atoms with Gasteiger partial charge in [0.2, 0.25) is 0 Å². The number of ether oxygens (including phenoxy) is 1. The third kappa shape index (κ3) is 5.15. The van der Waals surface area contributed by atoms with Crippen LogP contribution in [0.1, 0.15) is 6.42 Å². The molecule has 1 atom stereocenters. The molecule has 0 saturated carbocycles. The van der Waals surface area contributed by atoms with Crippen LogP contribution in [0.4, 0.5) is 0 Å². The number of amides is 1. The molecule has 0 aliphatic carbocycles. The number of nitrogens with one attached hydrogen (secondary N) is 1. The van der Waals surface area contributed by atoms with Crippen molar-refractivity contribution in [1.29, 1.82) is 0 Å². The Morgan fingerprint density at radius 1 is 1.37 bits per heavy atom. The van der Waals surface area contributed by atoms with Gasteiger partial charge in [-0.1, -0.05) is 23.7 Å². The Bertz CT molecular complexity index is 452. The number of benzene rings is 1. The number of carbonyl (C=O) groups excluding carboxylic acids is 1. The fourth-order valence-corrected chi connectivity index (χ4v) is 1.52. The molecule has 0 aromatic heterocycles. The molecule has 104 valence electrons. The highest BCUT2D eigenvalue weighted by Gasteiger charge is 2.19. The van der Waals surface area contributed by atoms with Crippen molar-refractivity contribution in [2.45, 2.75) is 12.5 Å². The number of carboxylic acids is 1. The second-order valence-electron chi connectivity index (χ2n) is 3.69. The normalized spacial score (nSPS) is 11.7. The van der Waals surface area contributed by atoms with Crippen LogP contribution in [0, 0.1) is 0 Å². The van der Waals surface area contributed by atoms with Gasteiger partial charge in [0.05, 0.1) is 5.02 Å². The number of hydrogen-bond acceptors (Lipinski definition) is 4.